The van der Waals surface area contributed by atoms with Gasteiger partial charge in [-0.05, 0) is 67.5 Å². The van der Waals surface area contributed by atoms with Gasteiger partial charge in [0.15, 0.2) is 10.6 Å². The summed E-state index contributed by atoms with van der Waals surface area (Å²) in [6.45, 7) is 13.9. The standard InChI is InChI=1S/C30H30N2O5S/c1-8-36-28(35)26-17(4)31-29(38-26)32-23(18-9-11-19(12-10-18)30(5,6)7)22-24(33)20-13-15(2)16(3)14-21(20)37-25(22)27(32)34/h9-14,23H,8H2,1-7H3. The normalized spacial score (nSPS) is 15.3. The summed E-state index contributed by atoms with van der Waals surface area (Å²) in [5.41, 5.74) is 4.62. The van der Waals surface area contributed by atoms with Crippen molar-refractivity contribution in [2.45, 2.75) is 59.9 Å². The number of thiazole rings is 1. The highest BCUT2D eigenvalue weighted by Gasteiger charge is 2.45. The fourth-order valence-corrected chi connectivity index (χ4v) is 5.76. The molecule has 1 amide bonds. The minimum absolute atomic E-state index is 0.00110. The molecule has 0 bridgehead atoms. The molecule has 0 radical (unpaired) electrons. The van der Waals surface area contributed by atoms with Crippen molar-refractivity contribution in [1.82, 2.24) is 4.98 Å². The average Bonchev–Trinajstić information content (AvgIpc) is 3.37. The van der Waals surface area contributed by atoms with E-state index >= 15 is 0 Å². The lowest BCUT2D eigenvalue weighted by atomic mass is 9.86. The number of benzene rings is 2. The third-order valence-corrected chi connectivity index (χ3v) is 8.17. The number of aryl methyl sites for hydroxylation is 3. The first-order valence-electron chi connectivity index (χ1n) is 12.6. The number of esters is 1. The van der Waals surface area contributed by atoms with Crippen molar-refractivity contribution in [2.75, 3.05) is 11.5 Å². The van der Waals surface area contributed by atoms with Crippen LogP contribution in [0.2, 0.25) is 0 Å². The second kappa shape index (κ2) is 9.20. The molecule has 0 aliphatic carbocycles. The van der Waals surface area contributed by atoms with E-state index in [1.165, 1.54) is 4.90 Å². The van der Waals surface area contributed by atoms with Crippen molar-refractivity contribution in [2.24, 2.45) is 0 Å². The summed E-state index contributed by atoms with van der Waals surface area (Å²) in [5, 5.41) is 0.739. The molecular formula is C30H30N2O5S. The highest BCUT2D eigenvalue weighted by molar-refractivity contribution is 7.17. The van der Waals surface area contributed by atoms with Crippen molar-refractivity contribution in [3.05, 3.63) is 90.8 Å². The minimum Gasteiger partial charge on any atom is -0.462 e. The van der Waals surface area contributed by atoms with E-state index in [9.17, 15) is 14.4 Å². The van der Waals surface area contributed by atoms with Gasteiger partial charge in [-0.25, -0.2) is 9.78 Å². The number of hydrogen-bond donors (Lipinski definition) is 0. The summed E-state index contributed by atoms with van der Waals surface area (Å²) in [5.74, 6) is -0.956. The van der Waals surface area contributed by atoms with Gasteiger partial charge in [0.2, 0.25) is 5.76 Å². The summed E-state index contributed by atoms with van der Waals surface area (Å²) >= 11 is 1.08. The van der Waals surface area contributed by atoms with E-state index in [-0.39, 0.29) is 28.8 Å². The maximum Gasteiger partial charge on any atom is 0.350 e. The molecule has 196 valence electrons. The Hall–Kier alpha value is -3.78. The third-order valence-electron chi connectivity index (χ3n) is 7.03. The third kappa shape index (κ3) is 4.13. The molecule has 2 aromatic carbocycles. The molecule has 1 atom stereocenters. The summed E-state index contributed by atoms with van der Waals surface area (Å²) < 4.78 is 11.3. The maximum atomic E-state index is 14.0. The van der Waals surface area contributed by atoms with Crippen LogP contribution < -0.4 is 10.3 Å². The molecule has 5 rings (SSSR count). The second-order valence-corrected chi connectivity index (χ2v) is 11.7. The van der Waals surface area contributed by atoms with E-state index in [2.05, 4.69) is 25.8 Å². The zero-order valence-electron chi connectivity index (χ0n) is 22.6. The van der Waals surface area contributed by atoms with Crippen LogP contribution in [0.4, 0.5) is 5.13 Å². The van der Waals surface area contributed by atoms with E-state index in [0.29, 0.717) is 26.7 Å². The molecule has 1 aliphatic rings. The zero-order valence-corrected chi connectivity index (χ0v) is 23.4. The van der Waals surface area contributed by atoms with E-state index in [1.54, 1.807) is 19.9 Å². The quantitative estimate of drug-likeness (QED) is 0.284. The lowest BCUT2D eigenvalue weighted by molar-refractivity contribution is 0.0531. The van der Waals surface area contributed by atoms with Crippen LogP contribution in [0.5, 0.6) is 0 Å². The predicted molar refractivity (Wildman–Crippen MR) is 149 cm³/mol. The fourth-order valence-electron chi connectivity index (χ4n) is 4.78. The van der Waals surface area contributed by atoms with Crippen molar-refractivity contribution in [3.63, 3.8) is 0 Å². The highest BCUT2D eigenvalue weighted by Crippen LogP contribution is 2.43. The Bertz CT molecular complexity index is 1660. The molecule has 3 heterocycles. The van der Waals surface area contributed by atoms with Crippen LogP contribution in [0.15, 0.2) is 45.6 Å². The van der Waals surface area contributed by atoms with Gasteiger partial charge in [-0.3, -0.25) is 14.5 Å². The van der Waals surface area contributed by atoms with Crippen molar-refractivity contribution >= 4 is 39.3 Å². The topological polar surface area (TPSA) is 89.7 Å². The van der Waals surface area contributed by atoms with Crippen LogP contribution >= 0.6 is 11.3 Å². The van der Waals surface area contributed by atoms with Crippen LogP contribution in [0, 0.1) is 20.8 Å². The molecule has 0 N–H and O–H groups in total. The number of ether oxygens (including phenoxy) is 1. The smallest absolute Gasteiger partial charge is 0.350 e. The SMILES string of the molecule is CCOC(=O)c1sc(N2C(=O)c3oc4cc(C)c(C)cc4c(=O)c3C2c2ccc(C(C)(C)C)cc2)nc1C. The van der Waals surface area contributed by atoms with Crippen molar-refractivity contribution < 1.29 is 18.7 Å². The van der Waals surface area contributed by atoms with Gasteiger partial charge in [0.25, 0.3) is 5.91 Å². The lowest BCUT2D eigenvalue weighted by Gasteiger charge is -2.24. The molecule has 1 unspecified atom stereocenters. The molecule has 2 aromatic heterocycles. The van der Waals surface area contributed by atoms with Gasteiger partial charge in [-0.1, -0.05) is 56.4 Å². The molecule has 4 aromatic rings. The number of aromatic nitrogens is 1. The van der Waals surface area contributed by atoms with E-state index in [1.807, 2.05) is 44.2 Å². The zero-order chi connectivity index (χ0) is 27.5. The van der Waals surface area contributed by atoms with Crippen LogP contribution in [0.3, 0.4) is 0 Å². The van der Waals surface area contributed by atoms with Gasteiger partial charge >= 0.3 is 5.97 Å². The largest absolute Gasteiger partial charge is 0.462 e. The van der Waals surface area contributed by atoms with Crippen LogP contribution in [-0.2, 0) is 10.2 Å². The van der Waals surface area contributed by atoms with Crippen LogP contribution in [0.1, 0.15) is 87.5 Å². The average molecular weight is 531 g/mol. The number of amides is 1. The Morgan fingerprint density at radius 1 is 1.08 bits per heavy atom. The number of fused-ring (bicyclic) bond motifs is 2. The summed E-state index contributed by atoms with van der Waals surface area (Å²) in [6, 6.07) is 10.8. The van der Waals surface area contributed by atoms with Crippen molar-refractivity contribution in [3.8, 4) is 0 Å². The number of nitrogens with zero attached hydrogens (tertiary/aromatic N) is 2. The molecule has 0 saturated carbocycles. The fraction of sp³-hybridized carbons (Fsp3) is 0.333. The van der Waals surface area contributed by atoms with Gasteiger partial charge in [0, 0.05) is 0 Å². The maximum absolute atomic E-state index is 14.0. The minimum atomic E-state index is -0.755. The molecule has 0 fully saturated rings. The molecule has 1 aliphatic heterocycles. The number of anilines is 1. The van der Waals surface area contributed by atoms with E-state index in [0.717, 1.165) is 33.6 Å². The van der Waals surface area contributed by atoms with Gasteiger partial charge in [-0.2, -0.15) is 0 Å². The lowest BCUT2D eigenvalue weighted by Crippen LogP contribution is -2.29. The molecule has 7 nitrogen and oxygen atoms in total. The Labute approximate surface area is 225 Å². The second-order valence-electron chi connectivity index (χ2n) is 10.7. The van der Waals surface area contributed by atoms with Crippen LogP contribution in [-0.4, -0.2) is 23.5 Å². The molecule has 8 heteroatoms. The molecule has 38 heavy (non-hydrogen) atoms. The van der Waals surface area contributed by atoms with Crippen LogP contribution in [0.25, 0.3) is 11.0 Å². The Kier molecular flexibility index (Phi) is 6.26. The van der Waals surface area contributed by atoms with E-state index in [4.69, 9.17) is 9.15 Å². The van der Waals surface area contributed by atoms with Crippen molar-refractivity contribution in [1.29, 1.82) is 0 Å². The molecule has 0 spiro atoms. The first-order valence-corrected chi connectivity index (χ1v) is 13.4. The summed E-state index contributed by atoms with van der Waals surface area (Å²) in [7, 11) is 0. The predicted octanol–water partition coefficient (Wildman–Crippen LogP) is 6.40. The number of hydrogen-bond acceptors (Lipinski definition) is 7. The van der Waals surface area contributed by atoms with Gasteiger partial charge in [0.1, 0.15) is 10.5 Å². The molecular weight excluding hydrogens is 500 g/mol. The summed E-state index contributed by atoms with van der Waals surface area (Å²) in [6.07, 6.45) is 0. The summed E-state index contributed by atoms with van der Waals surface area (Å²) in [4.78, 5) is 46.8. The van der Waals surface area contributed by atoms with Gasteiger partial charge in [-0.15, -0.1) is 0 Å². The first-order chi connectivity index (χ1) is 17.9. The molecule has 0 saturated heterocycles. The van der Waals surface area contributed by atoms with Gasteiger partial charge in [0.05, 0.1) is 29.3 Å². The number of rotatable bonds is 4. The number of carbonyl (C=O) groups is 2. The van der Waals surface area contributed by atoms with E-state index < -0.39 is 17.9 Å². The Morgan fingerprint density at radius 2 is 1.74 bits per heavy atom. The Morgan fingerprint density at radius 3 is 2.37 bits per heavy atom. The monoisotopic (exact) mass is 530 g/mol. The van der Waals surface area contributed by atoms with Gasteiger partial charge < -0.3 is 9.15 Å². The Balaban J connectivity index is 1.75. The highest BCUT2D eigenvalue weighted by atomic mass is 32.1. The first kappa shape index (κ1) is 25.9. The number of carbonyl (C=O) groups excluding carboxylic acids is 2.